The van der Waals surface area contributed by atoms with Crippen LogP contribution in [-0.2, 0) is 21.4 Å². The number of ether oxygens (including phenoxy) is 1. The monoisotopic (exact) mass is 370 g/mol. The number of amides is 1. The first-order valence-electron chi connectivity index (χ1n) is 8.87. The van der Waals surface area contributed by atoms with Gasteiger partial charge in [-0.1, -0.05) is 12.8 Å². The van der Waals surface area contributed by atoms with Gasteiger partial charge in [-0.3, -0.25) is 4.79 Å². The maximum Gasteiger partial charge on any atom is 0.289 e. The molecule has 3 rings (SSSR count). The minimum absolute atomic E-state index is 0.0535. The SMILES string of the molecule is COCc1ccc(C(=O)N2CCCC(S(=O)(=O)NC3CCCC3)C2)o1. The lowest BCUT2D eigenvalue weighted by Gasteiger charge is -2.32. The molecule has 1 unspecified atom stereocenters. The van der Waals surface area contributed by atoms with Gasteiger partial charge >= 0.3 is 0 Å². The van der Waals surface area contributed by atoms with Gasteiger partial charge in [0.05, 0.1) is 5.25 Å². The molecule has 1 N–H and O–H groups in total. The molecule has 2 fully saturated rings. The summed E-state index contributed by atoms with van der Waals surface area (Å²) in [6, 6.07) is 3.38. The highest BCUT2D eigenvalue weighted by Gasteiger charge is 2.35. The van der Waals surface area contributed by atoms with Gasteiger partial charge in [-0.15, -0.1) is 0 Å². The van der Waals surface area contributed by atoms with Crippen molar-refractivity contribution in [1.82, 2.24) is 9.62 Å². The van der Waals surface area contributed by atoms with Gasteiger partial charge in [0.25, 0.3) is 5.91 Å². The summed E-state index contributed by atoms with van der Waals surface area (Å²) in [5, 5.41) is -0.556. The zero-order valence-electron chi connectivity index (χ0n) is 14.6. The zero-order valence-corrected chi connectivity index (χ0v) is 15.4. The maximum atomic E-state index is 12.6. The third-order valence-corrected chi connectivity index (χ3v) is 6.87. The van der Waals surface area contributed by atoms with Crippen molar-refractivity contribution in [3.63, 3.8) is 0 Å². The topological polar surface area (TPSA) is 88.8 Å². The molecule has 140 valence electrons. The molecule has 1 aromatic rings. The lowest BCUT2D eigenvalue weighted by Crippen LogP contribution is -2.49. The van der Waals surface area contributed by atoms with E-state index in [-0.39, 0.29) is 24.3 Å². The summed E-state index contributed by atoms with van der Waals surface area (Å²) in [4.78, 5) is 14.2. The van der Waals surface area contributed by atoms with E-state index in [0.29, 0.717) is 31.8 Å². The van der Waals surface area contributed by atoms with Crippen molar-refractivity contribution in [2.45, 2.75) is 56.4 Å². The van der Waals surface area contributed by atoms with E-state index in [4.69, 9.17) is 9.15 Å². The minimum atomic E-state index is -3.41. The van der Waals surface area contributed by atoms with Crippen LogP contribution in [0.3, 0.4) is 0 Å². The van der Waals surface area contributed by atoms with Crippen molar-refractivity contribution in [2.24, 2.45) is 0 Å². The van der Waals surface area contributed by atoms with Crippen molar-refractivity contribution in [3.05, 3.63) is 23.7 Å². The fourth-order valence-corrected chi connectivity index (χ4v) is 5.36. The largest absolute Gasteiger partial charge is 0.453 e. The first kappa shape index (κ1) is 18.4. The Bertz CT molecular complexity index is 694. The predicted octanol–water partition coefficient (Wildman–Crippen LogP) is 1.89. The van der Waals surface area contributed by atoms with Crippen LogP contribution in [0.15, 0.2) is 16.5 Å². The Morgan fingerprint density at radius 3 is 2.76 bits per heavy atom. The Morgan fingerprint density at radius 1 is 1.28 bits per heavy atom. The molecule has 1 saturated carbocycles. The number of furan rings is 1. The van der Waals surface area contributed by atoms with Crippen LogP contribution in [0.1, 0.15) is 54.8 Å². The third-order valence-electron chi connectivity index (χ3n) is 4.95. The van der Waals surface area contributed by atoms with Crippen LogP contribution in [0.2, 0.25) is 0 Å². The Morgan fingerprint density at radius 2 is 2.04 bits per heavy atom. The highest BCUT2D eigenvalue weighted by Crippen LogP contribution is 2.23. The van der Waals surface area contributed by atoms with Crippen LogP contribution >= 0.6 is 0 Å². The highest BCUT2D eigenvalue weighted by atomic mass is 32.2. The van der Waals surface area contributed by atoms with E-state index in [1.165, 1.54) is 0 Å². The van der Waals surface area contributed by atoms with Crippen molar-refractivity contribution >= 4 is 15.9 Å². The first-order chi connectivity index (χ1) is 12.0. The van der Waals surface area contributed by atoms with E-state index in [0.717, 1.165) is 25.7 Å². The van der Waals surface area contributed by atoms with Crippen molar-refractivity contribution in [3.8, 4) is 0 Å². The maximum absolute atomic E-state index is 12.6. The number of likely N-dealkylation sites (tertiary alicyclic amines) is 1. The molecule has 25 heavy (non-hydrogen) atoms. The number of sulfonamides is 1. The Kier molecular flexibility index (Phi) is 5.81. The van der Waals surface area contributed by atoms with E-state index in [2.05, 4.69) is 4.72 Å². The molecule has 1 aliphatic heterocycles. The standard InChI is InChI=1S/C17H26N2O5S/c1-23-12-14-8-9-16(24-14)17(20)19-10-4-7-15(11-19)25(21,22)18-13-5-2-3-6-13/h8-9,13,15,18H,2-7,10-12H2,1H3. The van der Waals surface area contributed by atoms with Gasteiger partial charge in [0.1, 0.15) is 12.4 Å². The second-order valence-electron chi connectivity index (χ2n) is 6.86. The van der Waals surface area contributed by atoms with E-state index >= 15 is 0 Å². The van der Waals surface area contributed by atoms with E-state index in [9.17, 15) is 13.2 Å². The number of hydrogen-bond acceptors (Lipinski definition) is 5. The molecular weight excluding hydrogens is 344 g/mol. The Balaban J connectivity index is 1.64. The molecule has 1 saturated heterocycles. The van der Waals surface area contributed by atoms with Gasteiger partial charge in [-0.25, -0.2) is 13.1 Å². The Labute approximate surface area is 148 Å². The molecule has 7 nitrogen and oxygen atoms in total. The minimum Gasteiger partial charge on any atom is -0.453 e. The molecule has 0 spiro atoms. The van der Waals surface area contributed by atoms with Crippen LogP contribution in [0.4, 0.5) is 0 Å². The molecule has 0 radical (unpaired) electrons. The van der Waals surface area contributed by atoms with E-state index in [1.807, 2.05) is 0 Å². The molecule has 0 aromatic carbocycles. The molecular formula is C17H26N2O5S. The fraction of sp³-hybridized carbons (Fsp3) is 0.706. The molecule has 1 amide bonds. The number of nitrogens with one attached hydrogen (secondary N) is 1. The summed E-state index contributed by atoms with van der Waals surface area (Å²) in [7, 11) is -1.86. The summed E-state index contributed by atoms with van der Waals surface area (Å²) < 4.78 is 38.6. The van der Waals surface area contributed by atoms with Gasteiger partial charge in [0.15, 0.2) is 5.76 Å². The summed E-state index contributed by atoms with van der Waals surface area (Å²) in [6.07, 6.45) is 5.22. The summed E-state index contributed by atoms with van der Waals surface area (Å²) in [5.74, 6) is 0.548. The molecule has 0 bridgehead atoms. The number of rotatable bonds is 6. The van der Waals surface area contributed by atoms with Crippen molar-refractivity contribution in [1.29, 1.82) is 0 Å². The number of carbonyl (C=O) groups excluding carboxylic acids is 1. The number of piperidine rings is 1. The molecule has 1 atom stereocenters. The lowest BCUT2D eigenvalue weighted by molar-refractivity contribution is 0.0687. The second kappa shape index (κ2) is 7.88. The number of carbonyl (C=O) groups is 1. The summed E-state index contributed by atoms with van der Waals surface area (Å²) in [5.41, 5.74) is 0. The Hall–Kier alpha value is -1.38. The third kappa shape index (κ3) is 4.43. The number of methoxy groups -OCH3 is 1. The first-order valence-corrected chi connectivity index (χ1v) is 10.4. The quantitative estimate of drug-likeness (QED) is 0.826. The van der Waals surface area contributed by atoms with Gasteiger partial charge in [0.2, 0.25) is 10.0 Å². The molecule has 1 aliphatic carbocycles. The van der Waals surface area contributed by atoms with Crippen LogP contribution in [0, 0.1) is 0 Å². The normalized spacial score (nSPS) is 22.4. The van der Waals surface area contributed by atoms with Gasteiger partial charge < -0.3 is 14.1 Å². The average molecular weight is 370 g/mol. The summed E-state index contributed by atoms with van der Waals surface area (Å²) in [6.45, 7) is 1.06. The highest BCUT2D eigenvalue weighted by molar-refractivity contribution is 7.90. The van der Waals surface area contributed by atoms with Crippen LogP contribution in [0.5, 0.6) is 0 Å². The molecule has 2 aliphatic rings. The second-order valence-corrected chi connectivity index (χ2v) is 8.85. The number of hydrogen-bond donors (Lipinski definition) is 1. The predicted molar refractivity (Wildman–Crippen MR) is 92.7 cm³/mol. The van der Waals surface area contributed by atoms with Crippen LogP contribution in [0.25, 0.3) is 0 Å². The number of nitrogens with zero attached hydrogens (tertiary/aromatic N) is 1. The van der Waals surface area contributed by atoms with Crippen molar-refractivity contribution < 1.29 is 22.4 Å². The summed E-state index contributed by atoms with van der Waals surface area (Å²) >= 11 is 0. The smallest absolute Gasteiger partial charge is 0.289 e. The fourth-order valence-electron chi connectivity index (χ4n) is 3.62. The van der Waals surface area contributed by atoms with Gasteiger partial charge in [0, 0.05) is 26.2 Å². The molecule has 1 aromatic heterocycles. The van der Waals surface area contributed by atoms with Gasteiger partial charge in [-0.05, 0) is 37.8 Å². The van der Waals surface area contributed by atoms with E-state index in [1.54, 1.807) is 24.1 Å². The van der Waals surface area contributed by atoms with Crippen molar-refractivity contribution in [2.75, 3.05) is 20.2 Å². The van der Waals surface area contributed by atoms with Gasteiger partial charge in [-0.2, -0.15) is 0 Å². The van der Waals surface area contributed by atoms with Crippen LogP contribution < -0.4 is 4.72 Å². The zero-order chi connectivity index (χ0) is 17.9. The van der Waals surface area contributed by atoms with Crippen LogP contribution in [-0.4, -0.2) is 50.7 Å². The molecule has 8 heteroatoms. The van der Waals surface area contributed by atoms with E-state index < -0.39 is 15.3 Å². The molecule has 2 heterocycles. The lowest BCUT2D eigenvalue weighted by atomic mass is 10.1. The average Bonchev–Trinajstić information content (AvgIpc) is 3.26.